The van der Waals surface area contributed by atoms with Gasteiger partial charge in [0.15, 0.2) is 5.75 Å². The van der Waals surface area contributed by atoms with Gasteiger partial charge in [0, 0.05) is 30.3 Å². The van der Waals surface area contributed by atoms with Crippen molar-refractivity contribution in [2.24, 2.45) is 0 Å². The first-order valence-electron chi connectivity index (χ1n) is 11.0. The maximum absolute atomic E-state index is 15.4. The van der Waals surface area contributed by atoms with E-state index in [1.165, 1.54) is 25.5 Å². The monoisotopic (exact) mass is 528 g/mol. The summed E-state index contributed by atoms with van der Waals surface area (Å²) in [5.74, 6) is -0.202. The highest BCUT2D eigenvalue weighted by molar-refractivity contribution is 7.90. The average molecular weight is 529 g/mol. The van der Waals surface area contributed by atoms with Crippen LogP contribution < -0.4 is 9.64 Å². The van der Waals surface area contributed by atoms with Crippen molar-refractivity contribution in [1.29, 1.82) is 0 Å². The maximum Gasteiger partial charge on any atom is 0.414 e. The Morgan fingerprint density at radius 2 is 1.84 bits per heavy atom. The second-order valence-corrected chi connectivity index (χ2v) is 11.2. The van der Waals surface area contributed by atoms with E-state index in [0.29, 0.717) is 5.82 Å². The van der Waals surface area contributed by atoms with Crippen LogP contribution in [0.3, 0.4) is 0 Å². The Bertz CT molecular complexity index is 1660. The number of fused-ring (bicyclic) bond motifs is 3. The molecule has 0 spiro atoms. The first-order chi connectivity index (χ1) is 17.2. The standard InChI is InChI=1S/C24H25FN6O5S/c1-8-14-15(25)9-16(31(6)23(32)36-24(3,4)5)19-17(14)18-20(28-19)29-22(37(7,33)34)30-21(18)35-13-10-26-12(2)27-11-13/h8-11H,1H2,2-7H3,(H,28,29,30). The summed E-state index contributed by atoms with van der Waals surface area (Å²) in [7, 11) is -2.44. The lowest BCUT2D eigenvalue weighted by molar-refractivity contribution is 0.0589. The Balaban J connectivity index is 2.06. The number of carbonyl (C=O) groups is 1. The molecule has 0 aliphatic carbocycles. The number of H-pyrrole nitrogens is 1. The summed E-state index contributed by atoms with van der Waals surface area (Å²) in [4.78, 5) is 33.4. The van der Waals surface area contributed by atoms with Crippen LogP contribution in [-0.4, -0.2) is 58.3 Å². The Kier molecular flexibility index (Phi) is 6.36. The zero-order chi connectivity index (χ0) is 27.3. The Morgan fingerprint density at radius 3 is 2.41 bits per heavy atom. The smallest absolute Gasteiger partial charge is 0.414 e. The normalized spacial score (nSPS) is 12.1. The summed E-state index contributed by atoms with van der Waals surface area (Å²) in [5, 5.41) is -0.105. The molecule has 1 N–H and O–H groups in total. The van der Waals surface area contributed by atoms with Gasteiger partial charge in [-0.05, 0) is 27.7 Å². The fourth-order valence-corrected chi connectivity index (χ4v) is 4.08. The van der Waals surface area contributed by atoms with Crippen LogP contribution in [0, 0.1) is 12.7 Å². The van der Waals surface area contributed by atoms with Crippen molar-refractivity contribution in [1.82, 2.24) is 24.9 Å². The molecule has 1 aromatic carbocycles. The predicted octanol–water partition coefficient (Wildman–Crippen LogP) is 4.56. The van der Waals surface area contributed by atoms with Gasteiger partial charge in [-0.2, -0.15) is 9.97 Å². The minimum Gasteiger partial charge on any atom is -0.443 e. The average Bonchev–Trinajstić information content (AvgIpc) is 3.17. The maximum atomic E-state index is 15.4. The molecule has 3 heterocycles. The summed E-state index contributed by atoms with van der Waals surface area (Å²) in [6.07, 6.45) is 4.30. The van der Waals surface area contributed by atoms with Gasteiger partial charge in [0.2, 0.25) is 15.7 Å². The van der Waals surface area contributed by atoms with Crippen LogP contribution in [0.2, 0.25) is 0 Å². The number of ether oxygens (including phenoxy) is 2. The highest BCUT2D eigenvalue weighted by Crippen LogP contribution is 2.41. The number of nitrogens with zero attached hydrogens (tertiary/aromatic N) is 5. The third-order valence-corrected chi connectivity index (χ3v) is 6.03. The Morgan fingerprint density at radius 1 is 1.19 bits per heavy atom. The second kappa shape index (κ2) is 9.07. The van der Waals surface area contributed by atoms with Crippen molar-refractivity contribution in [3.05, 3.63) is 42.2 Å². The fourth-order valence-electron chi connectivity index (χ4n) is 3.57. The molecule has 0 aliphatic heterocycles. The lowest BCUT2D eigenvalue weighted by Gasteiger charge is -2.25. The minimum atomic E-state index is -3.87. The quantitative estimate of drug-likeness (QED) is 0.369. The van der Waals surface area contributed by atoms with E-state index in [4.69, 9.17) is 9.47 Å². The van der Waals surface area contributed by atoms with Crippen molar-refractivity contribution in [2.45, 2.75) is 38.5 Å². The number of aromatic amines is 1. The third kappa shape index (κ3) is 5.07. The number of amides is 1. The number of aryl methyl sites for hydroxylation is 1. The lowest BCUT2D eigenvalue weighted by Crippen LogP contribution is -2.34. The van der Waals surface area contributed by atoms with Crippen molar-refractivity contribution in [2.75, 3.05) is 18.2 Å². The molecule has 4 aromatic rings. The SMILES string of the molecule is C=Cc1c(F)cc(N(C)C(=O)OC(C)(C)C)c2[nH]c3nc(S(C)(=O)=O)nc(Oc4cnc(C)nc4)c3c12. The third-order valence-electron chi connectivity index (χ3n) is 5.18. The summed E-state index contributed by atoms with van der Waals surface area (Å²) in [5.41, 5.74) is -0.290. The van der Waals surface area contributed by atoms with Crippen molar-refractivity contribution in [3.8, 4) is 11.6 Å². The van der Waals surface area contributed by atoms with Gasteiger partial charge >= 0.3 is 6.09 Å². The molecular formula is C24H25FN6O5S. The number of sulfone groups is 1. The molecule has 0 saturated heterocycles. The topological polar surface area (TPSA) is 140 Å². The molecule has 4 rings (SSSR count). The van der Waals surface area contributed by atoms with E-state index in [9.17, 15) is 13.2 Å². The number of hydrogen-bond acceptors (Lipinski definition) is 9. The number of anilines is 1. The molecule has 13 heteroatoms. The highest BCUT2D eigenvalue weighted by Gasteiger charge is 2.28. The van der Waals surface area contributed by atoms with Crippen LogP contribution in [0.1, 0.15) is 32.2 Å². The molecule has 0 saturated carbocycles. The molecule has 0 fully saturated rings. The Labute approximate surface area is 212 Å². The molecule has 11 nitrogen and oxygen atoms in total. The van der Waals surface area contributed by atoms with Crippen LogP contribution in [-0.2, 0) is 14.6 Å². The van der Waals surface area contributed by atoms with Gasteiger partial charge in [0.1, 0.15) is 22.9 Å². The largest absolute Gasteiger partial charge is 0.443 e. The van der Waals surface area contributed by atoms with Gasteiger partial charge in [-0.15, -0.1) is 0 Å². The summed E-state index contributed by atoms with van der Waals surface area (Å²) in [6.45, 7) is 10.5. The fraction of sp³-hybridized carbons (Fsp3) is 0.292. The van der Waals surface area contributed by atoms with Gasteiger partial charge in [-0.3, -0.25) is 4.90 Å². The van der Waals surface area contributed by atoms with E-state index in [0.717, 1.165) is 17.2 Å². The molecule has 0 unspecified atom stereocenters. The molecule has 1 amide bonds. The van der Waals surface area contributed by atoms with Crippen molar-refractivity contribution in [3.63, 3.8) is 0 Å². The summed E-state index contributed by atoms with van der Waals surface area (Å²) < 4.78 is 51.4. The van der Waals surface area contributed by atoms with Crippen LogP contribution in [0.5, 0.6) is 11.6 Å². The first-order valence-corrected chi connectivity index (χ1v) is 12.9. The number of aromatic nitrogens is 5. The summed E-state index contributed by atoms with van der Waals surface area (Å²) >= 11 is 0. The van der Waals surface area contributed by atoms with Gasteiger partial charge < -0.3 is 14.5 Å². The van der Waals surface area contributed by atoms with Crippen molar-refractivity contribution >= 4 is 49.6 Å². The summed E-state index contributed by atoms with van der Waals surface area (Å²) in [6, 6.07) is 1.15. The van der Waals surface area contributed by atoms with Gasteiger partial charge in [0.05, 0.1) is 29.0 Å². The minimum absolute atomic E-state index is 0.0426. The second-order valence-electron chi connectivity index (χ2n) is 9.28. The van der Waals surface area contributed by atoms with Gasteiger partial charge in [-0.1, -0.05) is 12.7 Å². The van der Waals surface area contributed by atoms with Gasteiger partial charge in [0.25, 0.3) is 5.16 Å². The molecule has 3 aromatic heterocycles. The van der Waals surface area contributed by atoms with Gasteiger partial charge in [-0.25, -0.2) is 27.6 Å². The van der Waals surface area contributed by atoms with E-state index in [2.05, 4.69) is 31.5 Å². The zero-order valence-electron chi connectivity index (χ0n) is 21.1. The molecule has 0 atom stereocenters. The molecule has 37 heavy (non-hydrogen) atoms. The number of hydrogen-bond donors (Lipinski definition) is 1. The van der Waals surface area contributed by atoms with Crippen LogP contribution >= 0.6 is 0 Å². The Hall–Kier alpha value is -4.13. The molecule has 0 aliphatic rings. The molecule has 194 valence electrons. The van der Waals surface area contributed by atoms with E-state index < -0.39 is 32.5 Å². The van der Waals surface area contributed by atoms with E-state index in [-0.39, 0.29) is 44.8 Å². The van der Waals surface area contributed by atoms with E-state index >= 15 is 4.39 Å². The van der Waals surface area contributed by atoms with Crippen LogP contribution in [0.25, 0.3) is 28.0 Å². The molecular weight excluding hydrogens is 503 g/mol. The lowest BCUT2D eigenvalue weighted by atomic mass is 10.1. The van der Waals surface area contributed by atoms with Crippen LogP contribution in [0.4, 0.5) is 14.9 Å². The first kappa shape index (κ1) is 25.9. The number of halogens is 1. The number of nitrogens with one attached hydrogen (secondary N) is 1. The van der Waals surface area contributed by atoms with Crippen LogP contribution in [0.15, 0.2) is 30.2 Å². The zero-order valence-corrected chi connectivity index (χ0v) is 21.9. The van der Waals surface area contributed by atoms with Crippen molar-refractivity contribution < 1.29 is 27.1 Å². The predicted molar refractivity (Wildman–Crippen MR) is 136 cm³/mol. The highest BCUT2D eigenvalue weighted by atomic mass is 32.2. The molecule has 0 radical (unpaired) electrons. The molecule has 0 bridgehead atoms. The van der Waals surface area contributed by atoms with E-state index in [1.807, 2.05) is 0 Å². The number of carbonyl (C=O) groups excluding carboxylic acids is 1. The number of benzene rings is 1. The number of rotatable bonds is 5. The van der Waals surface area contributed by atoms with E-state index in [1.54, 1.807) is 27.7 Å².